The molecule has 0 aromatic heterocycles. The van der Waals surface area contributed by atoms with E-state index in [2.05, 4.69) is 14.5 Å². The van der Waals surface area contributed by atoms with E-state index < -0.39 is 6.36 Å². The molecule has 2 aromatic carbocycles. The second-order valence-corrected chi connectivity index (χ2v) is 6.08. The van der Waals surface area contributed by atoms with Gasteiger partial charge in [-0.15, -0.1) is 13.2 Å². The summed E-state index contributed by atoms with van der Waals surface area (Å²) in [5.41, 5.74) is 8.71. The molecule has 0 atom stereocenters. The highest BCUT2D eigenvalue weighted by molar-refractivity contribution is 5.55. The third kappa shape index (κ3) is 5.53. The molecule has 1 heterocycles. The Labute approximate surface area is 158 Å². The van der Waals surface area contributed by atoms with Gasteiger partial charge in [0.2, 0.25) is 0 Å². The topological polar surface area (TPSA) is 41.7 Å². The van der Waals surface area contributed by atoms with Gasteiger partial charge in [0.05, 0.1) is 6.04 Å². The Balaban J connectivity index is 0.00000126. The summed E-state index contributed by atoms with van der Waals surface area (Å²) < 4.78 is 40.4. The molecule has 27 heavy (non-hydrogen) atoms. The highest BCUT2D eigenvalue weighted by atomic mass is 19.4. The summed E-state index contributed by atoms with van der Waals surface area (Å²) in [4.78, 5) is 4.32. The Morgan fingerprint density at radius 2 is 1.59 bits per heavy atom. The second kappa shape index (κ2) is 8.99. The summed E-state index contributed by atoms with van der Waals surface area (Å²) >= 11 is 0. The van der Waals surface area contributed by atoms with Crippen molar-refractivity contribution in [2.45, 2.75) is 32.8 Å². The third-order valence-corrected chi connectivity index (χ3v) is 4.42. The lowest BCUT2D eigenvalue weighted by atomic mass is 10.0. The van der Waals surface area contributed by atoms with Crippen LogP contribution in [-0.2, 0) is 6.54 Å². The Bertz CT molecular complexity index is 696. The number of nitrogens with two attached hydrogens (primary N) is 1. The van der Waals surface area contributed by atoms with Crippen molar-refractivity contribution in [1.29, 1.82) is 0 Å². The average molecular weight is 381 g/mol. The molecule has 0 amide bonds. The van der Waals surface area contributed by atoms with Gasteiger partial charge in [0.25, 0.3) is 0 Å². The molecule has 148 valence electrons. The van der Waals surface area contributed by atoms with E-state index in [0.717, 1.165) is 30.0 Å². The van der Waals surface area contributed by atoms with E-state index in [4.69, 9.17) is 5.73 Å². The van der Waals surface area contributed by atoms with Gasteiger partial charge in [-0.25, -0.2) is 0 Å². The lowest BCUT2D eigenvalue weighted by Gasteiger charge is -2.46. The van der Waals surface area contributed by atoms with E-state index in [0.29, 0.717) is 12.6 Å². The molecule has 3 rings (SSSR count). The zero-order chi connectivity index (χ0) is 20.0. The summed E-state index contributed by atoms with van der Waals surface area (Å²) in [6, 6.07) is 14.5. The standard InChI is InChI=1S/C18H20F3N3O.C2H6/c1-23(14-4-2-13(10-22)3-5-14)16-11-24(12-16)15-6-8-17(9-7-15)25-18(19,20)21;1-2/h2-9,16H,10-12,22H2,1H3;1-2H3. The maximum Gasteiger partial charge on any atom is 0.573 e. The third-order valence-electron chi connectivity index (χ3n) is 4.42. The predicted molar refractivity (Wildman–Crippen MR) is 103 cm³/mol. The number of anilines is 2. The van der Waals surface area contributed by atoms with Crippen LogP contribution in [0.1, 0.15) is 19.4 Å². The molecule has 7 heteroatoms. The molecular formula is C20H26F3N3O. The van der Waals surface area contributed by atoms with Crippen LogP contribution in [-0.4, -0.2) is 32.5 Å². The van der Waals surface area contributed by atoms with Crippen molar-refractivity contribution in [3.05, 3.63) is 54.1 Å². The molecule has 0 spiro atoms. The van der Waals surface area contributed by atoms with Crippen LogP contribution in [0.15, 0.2) is 48.5 Å². The van der Waals surface area contributed by atoms with Gasteiger partial charge < -0.3 is 20.3 Å². The Hall–Kier alpha value is -2.41. The molecular weight excluding hydrogens is 355 g/mol. The van der Waals surface area contributed by atoms with Crippen molar-refractivity contribution < 1.29 is 17.9 Å². The van der Waals surface area contributed by atoms with Crippen molar-refractivity contribution in [3.8, 4) is 5.75 Å². The fourth-order valence-electron chi connectivity index (χ4n) is 2.85. The minimum absolute atomic E-state index is 0.203. The number of ether oxygens (including phenoxy) is 1. The molecule has 1 aliphatic heterocycles. The SMILES string of the molecule is CC.CN(c1ccc(CN)cc1)C1CN(c2ccc(OC(F)(F)F)cc2)C1. The van der Waals surface area contributed by atoms with Gasteiger partial charge in [-0.1, -0.05) is 26.0 Å². The van der Waals surface area contributed by atoms with Gasteiger partial charge >= 0.3 is 6.36 Å². The van der Waals surface area contributed by atoms with E-state index in [-0.39, 0.29) is 5.75 Å². The van der Waals surface area contributed by atoms with Gasteiger partial charge in [-0.3, -0.25) is 0 Å². The molecule has 2 aromatic rings. The monoisotopic (exact) mass is 381 g/mol. The van der Waals surface area contributed by atoms with Crippen LogP contribution in [0.3, 0.4) is 0 Å². The van der Waals surface area contributed by atoms with Crippen molar-refractivity contribution in [2.24, 2.45) is 5.73 Å². The second-order valence-electron chi connectivity index (χ2n) is 6.08. The van der Waals surface area contributed by atoms with Crippen molar-refractivity contribution in [1.82, 2.24) is 0 Å². The van der Waals surface area contributed by atoms with E-state index in [1.165, 1.54) is 12.1 Å². The van der Waals surface area contributed by atoms with Gasteiger partial charge in [0.15, 0.2) is 0 Å². The molecule has 0 unspecified atom stereocenters. The highest BCUT2D eigenvalue weighted by Crippen LogP contribution is 2.29. The highest BCUT2D eigenvalue weighted by Gasteiger charge is 2.32. The van der Waals surface area contributed by atoms with Crippen molar-refractivity contribution in [3.63, 3.8) is 0 Å². The summed E-state index contributed by atoms with van der Waals surface area (Å²) in [6.07, 6.45) is -4.66. The Kier molecular flexibility index (Phi) is 6.96. The Morgan fingerprint density at radius 1 is 1.04 bits per heavy atom. The fraction of sp³-hybridized carbons (Fsp3) is 0.400. The number of nitrogens with zero attached hydrogens (tertiary/aromatic N) is 2. The van der Waals surface area contributed by atoms with Crippen molar-refractivity contribution >= 4 is 11.4 Å². The lowest BCUT2D eigenvalue weighted by molar-refractivity contribution is -0.274. The number of hydrogen-bond donors (Lipinski definition) is 1. The molecule has 0 bridgehead atoms. The first-order valence-corrected chi connectivity index (χ1v) is 8.98. The van der Waals surface area contributed by atoms with Crippen LogP contribution < -0.4 is 20.3 Å². The maximum atomic E-state index is 12.2. The molecule has 2 N–H and O–H groups in total. The smallest absolute Gasteiger partial charge is 0.406 e. The van der Waals surface area contributed by atoms with Crippen LogP contribution in [0.25, 0.3) is 0 Å². The number of benzene rings is 2. The molecule has 0 aliphatic carbocycles. The van der Waals surface area contributed by atoms with Crippen LogP contribution in [0.2, 0.25) is 0 Å². The first-order chi connectivity index (χ1) is 12.9. The minimum atomic E-state index is -4.66. The van der Waals surface area contributed by atoms with Crippen LogP contribution in [0.4, 0.5) is 24.5 Å². The zero-order valence-electron chi connectivity index (χ0n) is 15.8. The lowest BCUT2D eigenvalue weighted by Crippen LogP contribution is -2.58. The summed E-state index contributed by atoms with van der Waals surface area (Å²) in [5, 5.41) is 0. The van der Waals surface area contributed by atoms with Crippen LogP contribution >= 0.6 is 0 Å². The first kappa shape index (κ1) is 20.9. The van der Waals surface area contributed by atoms with E-state index in [1.54, 1.807) is 12.1 Å². The predicted octanol–water partition coefficient (Wildman–Crippen LogP) is 4.40. The van der Waals surface area contributed by atoms with Crippen LogP contribution in [0, 0.1) is 0 Å². The van der Waals surface area contributed by atoms with Crippen molar-refractivity contribution in [2.75, 3.05) is 29.9 Å². The quantitative estimate of drug-likeness (QED) is 0.834. The molecule has 1 fully saturated rings. The number of hydrogen-bond acceptors (Lipinski definition) is 4. The Morgan fingerprint density at radius 3 is 2.07 bits per heavy atom. The number of rotatable bonds is 5. The number of halogens is 3. The molecule has 4 nitrogen and oxygen atoms in total. The van der Waals surface area contributed by atoms with Gasteiger partial charge in [0, 0.05) is 38.1 Å². The molecule has 0 radical (unpaired) electrons. The zero-order valence-corrected chi connectivity index (χ0v) is 15.8. The maximum absolute atomic E-state index is 12.2. The largest absolute Gasteiger partial charge is 0.573 e. The first-order valence-electron chi connectivity index (χ1n) is 8.98. The number of likely N-dealkylation sites (N-methyl/N-ethyl adjacent to an activating group) is 1. The normalized spacial score (nSPS) is 14.1. The van der Waals surface area contributed by atoms with Gasteiger partial charge in [-0.05, 0) is 42.0 Å². The van der Waals surface area contributed by atoms with Gasteiger partial charge in [-0.2, -0.15) is 0 Å². The number of alkyl halides is 3. The average Bonchev–Trinajstić information content (AvgIpc) is 2.62. The molecule has 1 aliphatic rings. The summed E-state index contributed by atoms with van der Waals surface area (Å²) in [6.45, 7) is 6.15. The van der Waals surface area contributed by atoms with E-state index in [9.17, 15) is 13.2 Å². The molecule has 0 saturated carbocycles. The minimum Gasteiger partial charge on any atom is -0.406 e. The van der Waals surface area contributed by atoms with E-state index in [1.807, 2.05) is 45.2 Å². The van der Waals surface area contributed by atoms with E-state index >= 15 is 0 Å². The summed E-state index contributed by atoms with van der Waals surface area (Å²) in [7, 11) is 2.04. The molecule has 1 saturated heterocycles. The summed E-state index contributed by atoms with van der Waals surface area (Å²) in [5.74, 6) is -0.203. The van der Waals surface area contributed by atoms with Crippen LogP contribution in [0.5, 0.6) is 5.75 Å². The fourth-order valence-corrected chi connectivity index (χ4v) is 2.85. The van der Waals surface area contributed by atoms with Gasteiger partial charge in [0.1, 0.15) is 5.75 Å².